The highest BCUT2D eigenvalue weighted by atomic mass is 16.6. The topological polar surface area (TPSA) is 110 Å². The number of hydrogen-bond donors (Lipinski definition) is 3. The van der Waals surface area contributed by atoms with Crippen molar-refractivity contribution >= 4 is 29.0 Å². The average Bonchev–Trinajstić information content (AvgIpc) is 2.88. The van der Waals surface area contributed by atoms with E-state index in [1.165, 1.54) is 0 Å². The van der Waals surface area contributed by atoms with E-state index in [1.807, 2.05) is 42.5 Å². The first-order chi connectivity index (χ1) is 17.0. The zero-order chi connectivity index (χ0) is 24.6. The van der Waals surface area contributed by atoms with Crippen LogP contribution in [0, 0.1) is 5.41 Å². The molecule has 0 spiro atoms. The molecule has 0 saturated carbocycles. The SMILES string of the molecule is CCOC(=O)CC(=N)c1ccccc1NCc1ccc(NC(=O)c2ccc3c(c2)OCCO3)cc1. The Kier molecular flexibility index (Phi) is 7.62. The van der Waals surface area contributed by atoms with Gasteiger partial charge in [-0.2, -0.15) is 0 Å². The molecular weight excluding hydrogens is 446 g/mol. The Morgan fingerprint density at radius 1 is 0.971 bits per heavy atom. The van der Waals surface area contributed by atoms with Gasteiger partial charge in [0.1, 0.15) is 13.2 Å². The van der Waals surface area contributed by atoms with Crippen LogP contribution in [0.25, 0.3) is 0 Å². The molecular formula is C27H27N3O5. The van der Waals surface area contributed by atoms with Crippen LogP contribution in [0.2, 0.25) is 0 Å². The summed E-state index contributed by atoms with van der Waals surface area (Å²) >= 11 is 0. The van der Waals surface area contributed by atoms with Crippen LogP contribution in [0.3, 0.4) is 0 Å². The fourth-order valence-electron chi connectivity index (χ4n) is 3.64. The Bertz CT molecular complexity index is 1220. The summed E-state index contributed by atoms with van der Waals surface area (Å²) in [6.07, 6.45) is -0.0791. The summed E-state index contributed by atoms with van der Waals surface area (Å²) in [6, 6.07) is 20.0. The van der Waals surface area contributed by atoms with E-state index in [-0.39, 0.29) is 18.0 Å². The molecule has 0 fully saturated rings. The molecule has 4 rings (SSSR count). The number of nitrogens with one attached hydrogen (secondary N) is 3. The summed E-state index contributed by atoms with van der Waals surface area (Å²) < 4.78 is 16.0. The molecule has 3 N–H and O–H groups in total. The lowest BCUT2D eigenvalue weighted by Crippen LogP contribution is -2.17. The fraction of sp³-hybridized carbons (Fsp3) is 0.222. The van der Waals surface area contributed by atoms with Crippen LogP contribution < -0.4 is 20.1 Å². The summed E-state index contributed by atoms with van der Waals surface area (Å²) in [5.74, 6) is 0.561. The number of benzene rings is 3. The number of rotatable bonds is 9. The molecule has 1 aliphatic heterocycles. The summed E-state index contributed by atoms with van der Waals surface area (Å²) in [7, 11) is 0. The Labute approximate surface area is 203 Å². The molecule has 0 radical (unpaired) electrons. The standard InChI is InChI=1S/C27H27N3O5/c1-2-33-26(31)16-22(28)21-5-3-4-6-23(21)29-17-18-7-10-20(11-8-18)30-27(32)19-9-12-24-25(15-19)35-14-13-34-24/h3-12,15,28-29H,2,13-14,16-17H2,1H3,(H,30,32). The lowest BCUT2D eigenvalue weighted by molar-refractivity contribution is -0.141. The van der Waals surface area contributed by atoms with Crippen LogP contribution >= 0.6 is 0 Å². The van der Waals surface area contributed by atoms with E-state index in [2.05, 4.69) is 10.6 Å². The fourth-order valence-corrected chi connectivity index (χ4v) is 3.64. The van der Waals surface area contributed by atoms with Crippen molar-refractivity contribution in [2.45, 2.75) is 19.9 Å². The number of anilines is 2. The van der Waals surface area contributed by atoms with Crippen LogP contribution in [-0.4, -0.2) is 37.4 Å². The predicted molar refractivity (Wildman–Crippen MR) is 134 cm³/mol. The molecule has 3 aromatic rings. The van der Waals surface area contributed by atoms with Gasteiger partial charge in [0.25, 0.3) is 5.91 Å². The average molecular weight is 474 g/mol. The van der Waals surface area contributed by atoms with Crippen LogP contribution in [-0.2, 0) is 16.1 Å². The van der Waals surface area contributed by atoms with Crippen molar-refractivity contribution in [3.05, 3.63) is 83.4 Å². The summed E-state index contributed by atoms with van der Waals surface area (Å²) in [6.45, 7) is 3.51. The lowest BCUT2D eigenvalue weighted by Gasteiger charge is -2.18. The minimum atomic E-state index is -0.416. The second-order valence-electron chi connectivity index (χ2n) is 7.87. The molecule has 3 aromatic carbocycles. The molecule has 1 heterocycles. The van der Waals surface area contributed by atoms with Crippen molar-refractivity contribution < 1.29 is 23.8 Å². The molecule has 8 nitrogen and oxygen atoms in total. The van der Waals surface area contributed by atoms with E-state index in [9.17, 15) is 9.59 Å². The minimum Gasteiger partial charge on any atom is -0.486 e. The van der Waals surface area contributed by atoms with Gasteiger partial charge in [0.15, 0.2) is 11.5 Å². The smallest absolute Gasteiger partial charge is 0.311 e. The Morgan fingerprint density at radius 3 is 2.49 bits per heavy atom. The predicted octanol–water partition coefficient (Wildman–Crippen LogP) is 4.64. The van der Waals surface area contributed by atoms with Gasteiger partial charge < -0.3 is 30.3 Å². The molecule has 0 unspecified atom stereocenters. The second kappa shape index (κ2) is 11.2. The van der Waals surface area contributed by atoms with Gasteiger partial charge >= 0.3 is 5.97 Å². The maximum Gasteiger partial charge on any atom is 0.311 e. The third-order valence-corrected chi connectivity index (χ3v) is 5.38. The highest BCUT2D eigenvalue weighted by Gasteiger charge is 2.15. The molecule has 0 atom stereocenters. The number of ether oxygens (including phenoxy) is 3. The van der Waals surface area contributed by atoms with E-state index in [4.69, 9.17) is 19.6 Å². The third kappa shape index (κ3) is 6.17. The molecule has 0 aromatic heterocycles. The quantitative estimate of drug-likeness (QED) is 0.308. The molecule has 35 heavy (non-hydrogen) atoms. The number of amides is 1. The zero-order valence-corrected chi connectivity index (χ0v) is 19.4. The van der Waals surface area contributed by atoms with E-state index in [0.717, 1.165) is 11.3 Å². The first-order valence-corrected chi connectivity index (χ1v) is 11.4. The van der Waals surface area contributed by atoms with Gasteiger partial charge in [0.2, 0.25) is 0 Å². The van der Waals surface area contributed by atoms with Gasteiger partial charge in [-0.1, -0.05) is 30.3 Å². The zero-order valence-electron chi connectivity index (χ0n) is 19.4. The molecule has 0 aliphatic carbocycles. The maximum atomic E-state index is 12.6. The molecule has 0 bridgehead atoms. The van der Waals surface area contributed by atoms with Crippen molar-refractivity contribution in [3.8, 4) is 11.5 Å². The lowest BCUT2D eigenvalue weighted by atomic mass is 10.0. The van der Waals surface area contributed by atoms with Crippen LogP contribution in [0.4, 0.5) is 11.4 Å². The highest BCUT2D eigenvalue weighted by Crippen LogP contribution is 2.31. The molecule has 0 saturated heterocycles. The van der Waals surface area contributed by atoms with Crippen molar-refractivity contribution in [1.29, 1.82) is 5.41 Å². The van der Waals surface area contributed by atoms with Crippen LogP contribution in [0.15, 0.2) is 66.7 Å². The maximum absolute atomic E-state index is 12.6. The molecule has 1 aliphatic rings. The third-order valence-electron chi connectivity index (χ3n) is 5.38. The van der Waals surface area contributed by atoms with Crippen molar-refractivity contribution in [3.63, 3.8) is 0 Å². The number of carbonyl (C=O) groups is 2. The van der Waals surface area contributed by atoms with E-state index in [1.54, 1.807) is 31.2 Å². The van der Waals surface area contributed by atoms with E-state index < -0.39 is 5.97 Å². The van der Waals surface area contributed by atoms with Gasteiger partial charge in [0, 0.05) is 29.0 Å². The second-order valence-corrected chi connectivity index (χ2v) is 7.87. The van der Waals surface area contributed by atoms with Crippen molar-refractivity contribution in [2.24, 2.45) is 0 Å². The van der Waals surface area contributed by atoms with Crippen molar-refractivity contribution in [1.82, 2.24) is 0 Å². The highest BCUT2D eigenvalue weighted by molar-refractivity contribution is 6.10. The Hall–Kier alpha value is -4.33. The number of esters is 1. The summed E-state index contributed by atoms with van der Waals surface area (Å²) in [5, 5.41) is 14.5. The van der Waals surface area contributed by atoms with Gasteiger partial charge in [-0.25, -0.2) is 0 Å². The first kappa shape index (κ1) is 23.8. The number of fused-ring (bicyclic) bond motifs is 1. The normalized spacial score (nSPS) is 11.9. The van der Waals surface area contributed by atoms with E-state index in [0.29, 0.717) is 54.7 Å². The monoisotopic (exact) mass is 473 g/mol. The minimum absolute atomic E-state index is 0.0791. The summed E-state index contributed by atoms with van der Waals surface area (Å²) in [5.41, 5.74) is 3.77. The molecule has 180 valence electrons. The first-order valence-electron chi connectivity index (χ1n) is 11.4. The Morgan fingerprint density at radius 2 is 1.71 bits per heavy atom. The van der Waals surface area contributed by atoms with Gasteiger partial charge in [-0.15, -0.1) is 0 Å². The number of hydrogen-bond acceptors (Lipinski definition) is 7. The van der Waals surface area contributed by atoms with Gasteiger partial charge in [0.05, 0.1) is 18.7 Å². The Balaban J connectivity index is 1.35. The van der Waals surface area contributed by atoms with Gasteiger partial charge in [-0.3, -0.25) is 9.59 Å². The van der Waals surface area contributed by atoms with E-state index >= 15 is 0 Å². The van der Waals surface area contributed by atoms with Gasteiger partial charge in [-0.05, 0) is 48.9 Å². The van der Waals surface area contributed by atoms with Crippen LogP contribution in [0.1, 0.15) is 34.8 Å². The molecule has 1 amide bonds. The van der Waals surface area contributed by atoms with Crippen LogP contribution in [0.5, 0.6) is 11.5 Å². The largest absolute Gasteiger partial charge is 0.486 e. The van der Waals surface area contributed by atoms with Crippen molar-refractivity contribution in [2.75, 3.05) is 30.5 Å². The number of para-hydroxylation sites is 1. The number of carbonyl (C=O) groups excluding carboxylic acids is 2. The summed E-state index contributed by atoms with van der Waals surface area (Å²) in [4.78, 5) is 24.4. The molecule has 8 heteroatoms.